The van der Waals surface area contributed by atoms with Crippen LogP contribution in [0, 0.1) is 5.92 Å². The van der Waals surface area contributed by atoms with E-state index in [2.05, 4.69) is 0 Å². The van der Waals surface area contributed by atoms with E-state index in [-0.39, 0.29) is 24.0 Å². The van der Waals surface area contributed by atoms with Crippen LogP contribution < -0.4 is 0 Å². The highest BCUT2D eigenvalue weighted by molar-refractivity contribution is 7.88. The number of carbonyl (C=O) groups excluding carboxylic acids is 1. The van der Waals surface area contributed by atoms with Crippen molar-refractivity contribution in [2.45, 2.75) is 44.2 Å². The highest BCUT2D eigenvalue weighted by Crippen LogP contribution is 2.32. The summed E-state index contributed by atoms with van der Waals surface area (Å²) in [6.07, 6.45) is 5.96. The van der Waals surface area contributed by atoms with E-state index in [4.69, 9.17) is 4.74 Å². The smallest absolute Gasteiger partial charge is 0.226 e. The van der Waals surface area contributed by atoms with Crippen LogP contribution in [0.15, 0.2) is 0 Å². The molecule has 0 spiro atoms. The standard InChI is InChI=1S/C14H24N2O4S/c1-21(18,19)15-7-5-11(6-8-15)14(17)16-9-10-20-13-4-2-3-12(13)16/h11-13H,2-10H2,1H3. The molecular weight excluding hydrogens is 292 g/mol. The Morgan fingerprint density at radius 1 is 1.10 bits per heavy atom. The van der Waals surface area contributed by atoms with E-state index in [1.807, 2.05) is 4.90 Å². The van der Waals surface area contributed by atoms with Gasteiger partial charge in [-0.3, -0.25) is 4.79 Å². The Hall–Kier alpha value is -0.660. The summed E-state index contributed by atoms with van der Waals surface area (Å²) in [7, 11) is -3.13. The first-order valence-electron chi connectivity index (χ1n) is 7.84. The molecule has 0 bridgehead atoms. The number of sulfonamides is 1. The minimum Gasteiger partial charge on any atom is -0.374 e. The summed E-state index contributed by atoms with van der Waals surface area (Å²) in [5.74, 6) is 0.186. The summed E-state index contributed by atoms with van der Waals surface area (Å²) in [5, 5.41) is 0. The summed E-state index contributed by atoms with van der Waals surface area (Å²) in [5.41, 5.74) is 0. The molecule has 0 N–H and O–H groups in total. The van der Waals surface area contributed by atoms with E-state index in [1.54, 1.807) is 0 Å². The van der Waals surface area contributed by atoms with E-state index >= 15 is 0 Å². The lowest BCUT2D eigenvalue weighted by molar-refractivity contribution is -0.149. The first kappa shape index (κ1) is 15.2. The van der Waals surface area contributed by atoms with Gasteiger partial charge >= 0.3 is 0 Å². The third kappa shape index (κ3) is 3.10. The molecule has 0 aromatic rings. The molecule has 120 valence electrons. The van der Waals surface area contributed by atoms with E-state index < -0.39 is 10.0 Å². The molecule has 3 rings (SSSR count). The summed E-state index contributed by atoms with van der Waals surface area (Å²) < 4.78 is 30.3. The van der Waals surface area contributed by atoms with Gasteiger partial charge in [-0.25, -0.2) is 12.7 Å². The van der Waals surface area contributed by atoms with Crippen molar-refractivity contribution in [2.24, 2.45) is 5.92 Å². The maximum atomic E-state index is 12.8. The van der Waals surface area contributed by atoms with Gasteiger partial charge in [0.05, 0.1) is 25.0 Å². The first-order valence-corrected chi connectivity index (χ1v) is 9.69. The van der Waals surface area contributed by atoms with E-state index in [9.17, 15) is 13.2 Å². The number of amides is 1. The fraction of sp³-hybridized carbons (Fsp3) is 0.929. The van der Waals surface area contributed by atoms with Crippen molar-refractivity contribution in [1.82, 2.24) is 9.21 Å². The highest BCUT2D eigenvalue weighted by atomic mass is 32.2. The van der Waals surface area contributed by atoms with Crippen molar-refractivity contribution >= 4 is 15.9 Å². The Bertz CT molecular complexity index is 499. The van der Waals surface area contributed by atoms with E-state index in [0.717, 1.165) is 19.3 Å². The molecule has 1 amide bonds. The van der Waals surface area contributed by atoms with Crippen LogP contribution in [0.1, 0.15) is 32.1 Å². The molecule has 6 nitrogen and oxygen atoms in total. The average Bonchev–Trinajstić information content (AvgIpc) is 2.94. The number of fused-ring (bicyclic) bond motifs is 1. The second-order valence-corrected chi connectivity index (χ2v) is 8.36. The molecule has 2 atom stereocenters. The molecule has 3 aliphatic rings. The zero-order valence-corrected chi connectivity index (χ0v) is 13.3. The third-order valence-electron chi connectivity index (χ3n) is 5.04. The maximum absolute atomic E-state index is 12.8. The van der Waals surface area contributed by atoms with Crippen molar-refractivity contribution < 1.29 is 17.9 Å². The van der Waals surface area contributed by atoms with Crippen molar-refractivity contribution in [3.63, 3.8) is 0 Å². The summed E-state index contributed by atoms with van der Waals surface area (Å²) in [4.78, 5) is 14.8. The highest BCUT2D eigenvalue weighted by Gasteiger charge is 2.41. The molecule has 1 saturated carbocycles. The van der Waals surface area contributed by atoms with Crippen LogP contribution in [0.2, 0.25) is 0 Å². The molecule has 2 unspecified atom stereocenters. The molecule has 0 radical (unpaired) electrons. The van der Waals surface area contributed by atoms with Gasteiger partial charge in [0.15, 0.2) is 0 Å². The van der Waals surface area contributed by atoms with Gasteiger partial charge in [-0.1, -0.05) is 0 Å². The van der Waals surface area contributed by atoms with Crippen molar-refractivity contribution in [3.05, 3.63) is 0 Å². The van der Waals surface area contributed by atoms with E-state index in [0.29, 0.717) is 39.1 Å². The fourth-order valence-electron chi connectivity index (χ4n) is 3.87. The van der Waals surface area contributed by atoms with Crippen LogP contribution >= 0.6 is 0 Å². The SMILES string of the molecule is CS(=O)(=O)N1CCC(C(=O)N2CCOC3CCCC32)CC1. The Morgan fingerprint density at radius 3 is 2.48 bits per heavy atom. The van der Waals surface area contributed by atoms with Gasteiger partial charge in [-0.05, 0) is 32.1 Å². The number of piperidine rings is 1. The molecule has 21 heavy (non-hydrogen) atoms. The lowest BCUT2D eigenvalue weighted by Crippen LogP contribution is -2.54. The minimum absolute atomic E-state index is 0.0256. The Labute approximate surface area is 126 Å². The molecule has 1 aliphatic carbocycles. The molecule has 2 heterocycles. The Balaban J connectivity index is 1.61. The van der Waals surface area contributed by atoms with Crippen LogP contribution in [0.3, 0.4) is 0 Å². The Kier molecular flexibility index (Phi) is 4.25. The molecule has 7 heteroatoms. The topological polar surface area (TPSA) is 66.9 Å². The van der Waals surface area contributed by atoms with Gasteiger partial charge < -0.3 is 9.64 Å². The second-order valence-electron chi connectivity index (χ2n) is 6.38. The van der Waals surface area contributed by atoms with Gasteiger partial charge in [0.2, 0.25) is 15.9 Å². The van der Waals surface area contributed by atoms with Crippen LogP contribution in [0.5, 0.6) is 0 Å². The third-order valence-corrected chi connectivity index (χ3v) is 6.34. The summed E-state index contributed by atoms with van der Waals surface area (Å²) >= 11 is 0. The van der Waals surface area contributed by atoms with Crippen LogP contribution in [0.4, 0.5) is 0 Å². The predicted octanol–water partition coefficient (Wildman–Crippen LogP) is 0.438. The zero-order chi connectivity index (χ0) is 15.0. The number of nitrogens with zero attached hydrogens (tertiary/aromatic N) is 2. The molecule has 0 aromatic heterocycles. The fourth-order valence-corrected chi connectivity index (χ4v) is 4.74. The van der Waals surface area contributed by atoms with Crippen molar-refractivity contribution in [1.29, 1.82) is 0 Å². The molecule has 2 aliphatic heterocycles. The van der Waals surface area contributed by atoms with Crippen molar-refractivity contribution in [3.8, 4) is 0 Å². The predicted molar refractivity (Wildman–Crippen MR) is 78.2 cm³/mol. The summed E-state index contributed by atoms with van der Waals surface area (Å²) in [6.45, 7) is 2.25. The van der Waals surface area contributed by atoms with Gasteiger partial charge in [-0.2, -0.15) is 0 Å². The van der Waals surface area contributed by atoms with E-state index in [1.165, 1.54) is 10.6 Å². The lowest BCUT2D eigenvalue weighted by atomic mass is 9.95. The number of rotatable bonds is 2. The monoisotopic (exact) mass is 316 g/mol. The van der Waals surface area contributed by atoms with Crippen molar-refractivity contribution in [2.75, 3.05) is 32.5 Å². The number of hydrogen-bond acceptors (Lipinski definition) is 4. The quantitative estimate of drug-likeness (QED) is 0.741. The number of carbonyl (C=O) groups is 1. The van der Waals surface area contributed by atoms with Crippen LogP contribution in [-0.4, -0.2) is 68.2 Å². The second kappa shape index (κ2) is 5.85. The van der Waals surface area contributed by atoms with Gasteiger partial charge in [-0.15, -0.1) is 0 Å². The lowest BCUT2D eigenvalue weighted by Gasteiger charge is -2.40. The minimum atomic E-state index is -3.13. The van der Waals surface area contributed by atoms with Gasteiger partial charge in [0.25, 0.3) is 0 Å². The molecule has 0 aromatic carbocycles. The number of ether oxygens (including phenoxy) is 1. The van der Waals surface area contributed by atoms with Crippen LogP contribution in [-0.2, 0) is 19.6 Å². The molecule has 2 saturated heterocycles. The van der Waals surface area contributed by atoms with Crippen LogP contribution in [0.25, 0.3) is 0 Å². The summed E-state index contributed by atoms with van der Waals surface area (Å²) in [6, 6.07) is 0.249. The number of hydrogen-bond donors (Lipinski definition) is 0. The zero-order valence-electron chi connectivity index (χ0n) is 12.5. The van der Waals surface area contributed by atoms with Gasteiger partial charge in [0, 0.05) is 25.6 Å². The van der Waals surface area contributed by atoms with Gasteiger partial charge in [0.1, 0.15) is 0 Å². The number of morpholine rings is 1. The molecular formula is C14H24N2O4S. The normalized spacial score (nSPS) is 32.1. The largest absolute Gasteiger partial charge is 0.374 e. The first-order chi connectivity index (χ1) is 9.97. The maximum Gasteiger partial charge on any atom is 0.226 e. The molecule has 3 fully saturated rings. The Morgan fingerprint density at radius 2 is 1.81 bits per heavy atom. The average molecular weight is 316 g/mol.